The van der Waals surface area contributed by atoms with Gasteiger partial charge in [0, 0.05) is 18.0 Å². The molecule has 1 aromatic carbocycles. The van der Waals surface area contributed by atoms with Crippen LogP contribution in [-0.4, -0.2) is 28.6 Å². The molecule has 2 rings (SSSR count). The zero-order chi connectivity index (χ0) is 15.1. The van der Waals surface area contributed by atoms with Crippen LogP contribution in [0.1, 0.15) is 38.2 Å². The van der Waals surface area contributed by atoms with Gasteiger partial charge in [0.25, 0.3) is 0 Å². The van der Waals surface area contributed by atoms with Crippen LogP contribution in [0.5, 0.6) is 0 Å². The molecule has 1 N–H and O–H groups in total. The largest absolute Gasteiger partial charge is 0.292 e. The van der Waals surface area contributed by atoms with E-state index in [4.69, 9.17) is 0 Å². The molecular formula is C15H21N3O2S. The number of carbonyl (C=O) groups excluding carboxylic acids is 1. The second kappa shape index (κ2) is 7.93. The van der Waals surface area contributed by atoms with Gasteiger partial charge in [-0.2, -0.15) is 5.10 Å². The molecule has 6 heteroatoms. The number of hydrazone groups is 1. The topological polar surface area (TPSA) is 61.8 Å². The van der Waals surface area contributed by atoms with Crippen molar-refractivity contribution in [3.63, 3.8) is 0 Å². The summed E-state index contributed by atoms with van der Waals surface area (Å²) in [6.45, 7) is 2.91. The summed E-state index contributed by atoms with van der Waals surface area (Å²) in [6, 6.07) is 7.90. The smallest absolute Gasteiger partial charge is 0.227 e. The number of nitrogens with zero attached hydrogens (tertiary/aromatic N) is 2. The SMILES string of the molecule is CCC/C(=N\NC=O)c1ccc(N2CCCCS2=O)cc1. The van der Waals surface area contributed by atoms with Gasteiger partial charge < -0.3 is 0 Å². The number of anilines is 1. The first kappa shape index (κ1) is 15.7. The van der Waals surface area contributed by atoms with Crippen molar-refractivity contribution >= 4 is 28.8 Å². The Balaban J connectivity index is 2.16. The Morgan fingerprint density at radius 3 is 2.76 bits per heavy atom. The van der Waals surface area contributed by atoms with Gasteiger partial charge in [-0.3, -0.25) is 9.10 Å². The molecule has 1 aromatic rings. The van der Waals surface area contributed by atoms with E-state index in [-0.39, 0.29) is 0 Å². The third kappa shape index (κ3) is 4.14. The van der Waals surface area contributed by atoms with Gasteiger partial charge in [0.1, 0.15) is 11.0 Å². The zero-order valence-corrected chi connectivity index (χ0v) is 13.1. The van der Waals surface area contributed by atoms with E-state index in [1.165, 1.54) is 0 Å². The molecule has 1 atom stereocenters. The molecule has 1 aliphatic heterocycles. The van der Waals surface area contributed by atoms with Crippen molar-refractivity contribution in [3.05, 3.63) is 29.8 Å². The van der Waals surface area contributed by atoms with Crippen molar-refractivity contribution in [1.29, 1.82) is 0 Å². The average Bonchev–Trinajstić information content (AvgIpc) is 2.52. The Bertz CT molecular complexity index is 528. The van der Waals surface area contributed by atoms with Gasteiger partial charge in [-0.15, -0.1) is 0 Å². The van der Waals surface area contributed by atoms with Crippen molar-refractivity contribution < 1.29 is 9.00 Å². The number of rotatable bonds is 6. The molecule has 1 aliphatic rings. The normalized spacial score (nSPS) is 19.4. The van der Waals surface area contributed by atoms with Crippen molar-refractivity contribution in [2.45, 2.75) is 32.6 Å². The molecule has 21 heavy (non-hydrogen) atoms. The van der Waals surface area contributed by atoms with Gasteiger partial charge in [-0.1, -0.05) is 25.5 Å². The van der Waals surface area contributed by atoms with Gasteiger partial charge in [0.05, 0.1) is 5.71 Å². The lowest BCUT2D eigenvalue weighted by molar-refractivity contribution is -0.109. The molecule has 114 valence electrons. The average molecular weight is 307 g/mol. The van der Waals surface area contributed by atoms with Crippen LogP contribution in [0.25, 0.3) is 0 Å². The zero-order valence-electron chi connectivity index (χ0n) is 12.2. The molecule has 0 bridgehead atoms. The van der Waals surface area contributed by atoms with Crippen molar-refractivity contribution in [2.75, 3.05) is 16.6 Å². The van der Waals surface area contributed by atoms with Crippen LogP contribution in [0.3, 0.4) is 0 Å². The molecule has 1 heterocycles. The van der Waals surface area contributed by atoms with Crippen molar-refractivity contribution in [1.82, 2.24) is 5.43 Å². The van der Waals surface area contributed by atoms with E-state index in [2.05, 4.69) is 17.5 Å². The van der Waals surface area contributed by atoms with E-state index in [9.17, 15) is 9.00 Å². The summed E-state index contributed by atoms with van der Waals surface area (Å²) in [5, 5.41) is 4.08. The number of amides is 1. The van der Waals surface area contributed by atoms with Crippen LogP contribution >= 0.6 is 0 Å². The van der Waals surface area contributed by atoms with Gasteiger partial charge in [-0.25, -0.2) is 9.63 Å². The molecule has 1 fully saturated rings. The molecule has 0 spiro atoms. The van der Waals surface area contributed by atoms with Crippen LogP contribution in [0.15, 0.2) is 29.4 Å². The Hall–Kier alpha value is -1.69. The summed E-state index contributed by atoms with van der Waals surface area (Å²) in [4.78, 5) is 10.4. The van der Waals surface area contributed by atoms with Crippen molar-refractivity contribution in [3.8, 4) is 0 Å². The quantitative estimate of drug-likeness (QED) is 0.497. The van der Waals surface area contributed by atoms with E-state index in [0.29, 0.717) is 6.41 Å². The van der Waals surface area contributed by atoms with E-state index >= 15 is 0 Å². The van der Waals surface area contributed by atoms with E-state index in [1.807, 2.05) is 28.6 Å². The summed E-state index contributed by atoms with van der Waals surface area (Å²) >= 11 is 0. The Morgan fingerprint density at radius 1 is 1.38 bits per heavy atom. The second-order valence-electron chi connectivity index (χ2n) is 4.94. The first-order valence-electron chi connectivity index (χ1n) is 7.28. The maximum atomic E-state index is 12.0. The third-order valence-electron chi connectivity index (χ3n) is 3.40. The van der Waals surface area contributed by atoms with Crippen molar-refractivity contribution in [2.24, 2.45) is 5.10 Å². The lowest BCUT2D eigenvalue weighted by Gasteiger charge is -2.27. The molecule has 0 aliphatic carbocycles. The van der Waals surface area contributed by atoms with E-state index in [1.54, 1.807) is 0 Å². The van der Waals surface area contributed by atoms with Crippen LogP contribution in [0, 0.1) is 0 Å². The monoisotopic (exact) mass is 307 g/mol. The predicted molar refractivity (Wildman–Crippen MR) is 86.7 cm³/mol. The van der Waals surface area contributed by atoms with E-state index < -0.39 is 11.0 Å². The summed E-state index contributed by atoms with van der Waals surface area (Å²) in [6.07, 6.45) is 4.44. The number of benzene rings is 1. The lowest BCUT2D eigenvalue weighted by atomic mass is 10.1. The lowest BCUT2D eigenvalue weighted by Crippen LogP contribution is -2.32. The molecule has 1 amide bonds. The fourth-order valence-electron chi connectivity index (χ4n) is 2.37. The number of carbonyl (C=O) groups is 1. The third-order valence-corrected chi connectivity index (χ3v) is 4.93. The number of hydrogen-bond donors (Lipinski definition) is 1. The molecule has 0 saturated carbocycles. The number of nitrogens with one attached hydrogen (secondary N) is 1. The van der Waals surface area contributed by atoms with E-state index in [0.717, 1.165) is 54.9 Å². The molecule has 0 radical (unpaired) electrons. The Kier molecular flexibility index (Phi) is 5.92. The minimum absolute atomic E-state index is 0.570. The van der Waals surface area contributed by atoms with Gasteiger partial charge >= 0.3 is 0 Å². The Labute approximate surface area is 128 Å². The molecule has 1 unspecified atom stereocenters. The minimum Gasteiger partial charge on any atom is -0.292 e. The molecule has 0 aromatic heterocycles. The maximum Gasteiger partial charge on any atom is 0.227 e. The first-order chi connectivity index (χ1) is 10.3. The second-order valence-corrected chi connectivity index (χ2v) is 6.43. The highest BCUT2D eigenvalue weighted by atomic mass is 32.2. The maximum absolute atomic E-state index is 12.0. The highest BCUT2D eigenvalue weighted by Gasteiger charge is 2.18. The van der Waals surface area contributed by atoms with Gasteiger partial charge in [-0.05, 0) is 37.0 Å². The molecule has 5 nitrogen and oxygen atoms in total. The molecule has 1 saturated heterocycles. The highest BCUT2D eigenvalue weighted by molar-refractivity contribution is 7.86. The van der Waals surface area contributed by atoms with Gasteiger partial charge in [0.2, 0.25) is 6.41 Å². The minimum atomic E-state index is -0.910. The van der Waals surface area contributed by atoms with Gasteiger partial charge in [0.15, 0.2) is 0 Å². The summed E-state index contributed by atoms with van der Waals surface area (Å²) < 4.78 is 14.0. The van der Waals surface area contributed by atoms with Crippen LogP contribution in [-0.2, 0) is 15.8 Å². The van der Waals surface area contributed by atoms with Crippen LogP contribution in [0.2, 0.25) is 0 Å². The predicted octanol–water partition coefficient (Wildman–Crippen LogP) is 2.20. The van der Waals surface area contributed by atoms with Crippen LogP contribution in [0.4, 0.5) is 5.69 Å². The fraction of sp³-hybridized carbons (Fsp3) is 0.467. The summed E-state index contributed by atoms with van der Waals surface area (Å²) in [5.74, 6) is 0.744. The summed E-state index contributed by atoms with van der Waals surface area (Å²) in [5.41, 5.74) is 5.19. The number of hydrogen-bond acceptors (Lipinski definition) is 3. The Morgan fingerprint density at radius 2 is 2.14 bits per heavy atom. The first-order valence-corrected chi connectivity index (χ1v) is 8.56. The highest BCUT2D eigenvalue weighted by Crippen LogP contribution is 2.22. The molecular weight excluding hydrogens is 286 g/mol. The fourth-order valence-corrected chi connectivity index (χ4v) is 3.73. The standard InChI is InChI=1S/C15H21N3O2S/c1-2-5-15(17-16-12-19)13-6-8-14(9-7-13)18-10-3-4-11-21(18)20/h6-9,12H,2-5,10-11H2,1H3,(H,16,19)/b17-15+. The van der Waals surface area contributed by atoms with Crippen LogP contribution < -0.4 is 9.73 Å². The summed E-state index contributed by atoms with van der Waals surface area (Å²) in [7, 11) is -0.910.